The minimum absolute atomic E-state index is 0.0415. The van der Waals surface area contributed by atoms with Crippen LogP contribution in [0.2, 0.25) is 0 Å². The molecule has 4 rings (SSSR count). The number of likely N-dealkylation sites (N-methyl/N-ethyl adjacent to an activating group) is 1. The Kier molecular flexibility index (Phi) is 16.3. The van der Waals surface area contributed by atoms with Crippen LogP contribution in [0.4, 0.5) is 10.5 Å². The molecule has 0 fully saturated rings. The molecule has 0 atom stereocenters. The van der Waals surface area contributed by atoms with E-state index in [4.69, 9.17) is 43.6 Å². The van der Waals surface area contributed by atoms with Crippen LogP contribution in [-0.4, -0.2) is 117 Å². The van der Waals surface area contributed by atoms with Crippen molar-refractivity contribution in [3.63, 3.8) is 0 Å². The summed E-state index contributed by atoms with van der Waals surface area (Å²) < 4.78 is 44.4. The molecule has 0 bridgehead atoms. The van der Waals surface area contributed by atoms with Gasteiger partial charge in [-0.1, -0.05) is 60.7 Å². The lowest BCUT2D eigenvalue weighted by Gasteiger charge is -2.19. The minimum atomic E-state index is -0.363. The van der Waals surface area contributed by atoms with Crippen LogP contribution >= 0.6 is 0 Å². The van der Waals surface area contributed by atoms with E-state index in [-0.39, 0.29) is 12.0 Å². The lowest BCUT2D eigenvalue weighted by atomic mass is 9.98. The average Bonchev–Trinajstić information content (AvgIpc) is 3.42. The van der Waals surface area contributed by atoms with Crippen molar-refractivity contribution in [3.8, 4) is 16.9 Å². The fourth-order valence-corrected chi connectivity index (χ4v) is 5.02. The number of para-hydroxylation sites is 2. The summed E-state index contributed by atoms with van der Waals surface area (Å²) in [4.78, 5) is 14.1. The number of ether oxygens (including phenoxy) is 8. The van der Waals surface area contributed by atoms with E-state index in [1.165, 1.54) is 27.2 Å². The van der Waals surface area contributed by atoms with Gasteiger partial charge in [-0.25, -0.2) is 4.79 Å². The second-order valence-electron chi connectivity index (χ2n) is 10.8. The van der Waals surface area contributed by atoms with Gasteiger partial charge in [-0.15, -0.1) is 0 Å². The van der Waals surface area contributed by atoms with Gasteiger partial charge < -0.3 is 48.5 Å². The number of fused-ring (bicyclic) bond motifs is 3. The molecule has 0 heterocycles. The molecular formula is C36H48N2O9. The Labute approximate surface area is 277 Å². The van der Waals surface area contributed by atoms with Crippen LogP contribution in [0.15, 0.2) is 72.8 Å². The van der Waals surface area contributed by atoms with Crippen LogP contribution in [0.1, 0.15) is 17.0 Å². The molecule has 0 unspecified atom stereocenters. The fraction of sp³-hybridized carbons (Fsp3) is 0.472. The van der Waals surface area contributed by atoms with Gasteiger partial charge >= 0.3 is 6.09 Å². The molecule has 256 valence electrons. The summed E-state index contributed by atoms with van der Waals surface area (Å²) in [7, 11) is 1.71. The van der Waals surface area contributed by atoms with Crippen molar-refractivity contribution in [2.75, 3.05) is 112 Å². The predicted octanol–water partition coefficient (Wildman–Crippen LogP) is 4.63. The summed E-state index contributed by atoms with van der Waals surface area (Å²) in [6, 6.07) is 24.0. The van der Waals surface area contributed by atoms with Crippen molar-refractivity contribution in [2.24, 2.45) is 0 Å². The third-order valence-electron chi connectivity index (χ3n) is 7.48. The lowest BCUT2D eigenvalue weighted by Crippen LogP contribution is -2.32. The van der Waals surface area contributed by atoms with E-state index >= 15 is 0 Å². The zero-order valence-corrected chi connectivity index (χ0v) is 27.3. The molecule has 0 radical (unpaired) electrons. The number of carbonyl (C=O) groups excluding carboxylic acids is 1. The number of anilines is 1. The monoisotopic (exact) mass is 652 g/mol. The maximum atomic E-state index is 12.6. The maximum absolute atomic E-state index is 12.6. The van der Waals surface area contributed by atoms with Crippen LogP contribution in [-0.2, 0) is 33.2 Å². The van der Waals surface area contributed by atoms with Gasteiger partial charge in [0.15, 0.2) is 0 Å². The highest BCUT2D eigenvalue weighted by molar-refractivity contribution is 5.79. The average molecular weight is 653 g/mol. The first-order chi connectivity index (χ1) is 23.1. The Morgan fingerprint density at radius 3 is 1.53 bits per heavy atom. The second kappa shape index (κ2) is 21.2. The van der Waals surface area contributed by atoms with Crippen molar-refractivity contribution in [2.45, 2.75) is 5.92 Å². The molecule has 11 heteroatoms. The van der Waals surface area contributed by atoms with Crippen LogP contribution in [0.5, 0.6) is 5.75 Å². The number of benzene rings is 3. The van der Waals surface area contributed by atoms with Gasteiger partial charge in [-0.05, 0) is 34.4 Å². The van der Waals surface area contributed by atoms with Gasteiger partial charge in [0.2, 0.25) is 0 Å². The first kappa shape index (κ1) is 36.1. The van der Waals surface area contributed by atoms with Crippen molar-refractivity contribution < 1.29 is 42.7 Å². The first-order valence-corrected chi connectivity index (χ1v) is 16.1. The van der Waals surface area contributed by atoms with Crippen LogP contribution in [0.25, 0.3) is 11.1 Å². The van der Waals surface area contributed by atoms with Crippen molar-refractivity contribution in [1.82, 2.24) is 4.90 Å². The van der Waals surface area contributed by atoms with Crippen molar-refractivity contribution >= 4 is 11.8 Å². The molecule has 0 saturated heterocycles. The van der Waals surface area contributed by atoms with E-state index in [2.05, 4.69) is 24.3 Å². The Morgan fingerprint density at radius 2 is 1.02 bits per heavy atom. The summed E-state index contributed by atoms with van der Waals surface area (Å²) in [6.07, 6.45) is -0.363. The molecule has 3 aromatic carbocycles. The normalized spacial score (nSPS) is 12.1. The maximum Gasteiger partial charge on any atom is 0.409 e. The van der Waals surface area contributed by atoms with E-state index in [9.17, 15) is 4.79 Å². The highest BCUT2D eigenvalue weighted by Gasteiger charge is 2.29. The van der Waals surface area contributed by atoms with Crippen molar-refractivity contribution in [1.29, 1.82) is 0 Å². The molecule has 0 aliphatic heterocycles. The molecule has 0 saturated carbocycles. The van der Waals surface area contributed by atoms with Crippen LogP contribution in [0, 0.1) is 0 Å². The number of hydrogen-bond donors (Lipinski definition) is 1. The molecule has 1 aliphatic rings. The molecular weight excluding hydrogens is 604 g/mol. The molecule has 11 nitrogen and oxygen atoms in total. The standard InChI is InChI=1S/C36H48N2O9/c1-38(36(39)47-28-33-31-10-4-2-8-29(31)30-9-3-5-11-32(30)33)14-15-40-16-17-41-18-19-42-20-21-43-22-23-44-24-25-45-26-27-46-35-13-7-6-12-34(35)37/h2-13,33H,14-28,37H2,1H3. The Balaban J connectivity index is 0.881. The fourth-order valence-electron chi connectivity index (χ4n) is 5.02. The molecule has 47 heavy (non-hydrogen) atoms. The number of hydrogen-bond acceptors (Lipinski definition) is 10. The summed E-state index contributed by atoms with van der Waals surface area (Å²) in [5.74, 6) is 0.706. The smallest absolute Gasteiger partial charge is 0.409 e. The van der Waals surface area contributed by atoms with Gasteiger partial charge in [-0.3, -0.25) is 0 Å². The van der Waals surface area contributed by atoms with Crippen molar-refractivity contribution in [3.05, 3.63) is 83.9 Å². The number of amides is 1. The number of nitrogens with zero attached hydrogens (tertiary/aromatic N) is 1. The SMILES string of the molecule is CN(CCOCCOCCOCCOCCOCCOCCOc1ccccc1N)C(=O)OCC1c2ccccc2-c2ccccc21. The highest BCUT2D eigenvalue weighted by atomic mass is 16.6. The van der Waals surface area contributed by atoms with Gasteiger partial charge in [0, 0.05) is 19.5 Å². The van der Waals surface area contributed by atoms with Gasteiger partial charge in [-0.2, -0.15) is 0 Å². The van der Waals surface area contributed by atoms with Gasteiger partial charge in [0.05, 0.1) is 85.0 Å². The molecule has 1 amide bonds. The van der Waals surface area contributed by atoms with E-state index in [0.717, 1.165) is 0 Å². The molecule has 1 aliphatic carbocycles. The molecule has 3 aromatic rings. The zero-order valence-electron chi connectivity index (χ0n) is 27.3. The third-order valence-corrected chi connectivity index (χ3v) is 7.48. The van der Waals surface area contributed by atoms with Gasteiger partial charge in [0.25, 0.3) is 0 Å². The van der Waals surface area contributed by atoms with E-state index in [0.29, 0.717) is 110 Å². The van der Waals surface area contributed by atoms with E-state index in [1.807, 2.05) is 42.5 Å². The molecule has 0 aromatic heterocycles. The first-order valence-electron chi connectivity index (χ1n) is 16.1. The Hall–Kier alpha value is -3.71. The number of carbonyl (C=O) groups is 1. The van der Waals surface area contributed by atoms with E-state index < -0.39 is 0 Å². The number of nitrogen functional groups attached to an aromatic ring is 1. The summed E-state index contributed by atoms with van der Waals surface area (Å²) in [5, 5.41) is 0. The second-order valence-corrected chi connectivity index (χ2v) is 10.8. The van der Waals surface area contributed by atoms with E-state index in [1.54, 1.807) is 13.1 Å². The summed E-state index contributed by atoms with van der Waals surface area (Å²) in [5.41, 5.74) is 11.2. The Morgan fingerprint density at radius 1 is 0.596 bits per heavy atom. The number of nitrogens with two attached hydrogens (primary N) is 1. The predicted molar refractivity (Wildman–Crippen MR) is 179 cm³/mol. The highest BCUT2D eigenvalue weighted by Crippen LogP contribution is 2.44. The largest absolute Gasteiger partial charge is 0.489 e. The number of rotatable bonds is 24. The van der Waals surface area contributed by atoms with Gasteiger partial charge in [0.1, 0.15) is 19.0 Å². The quantitative estimate of drug-likeness (QED) is 0.108. The molecule has 0 spiro atoms. The minimum Gasteiger partial charge on any atom is -0.489 e. The lowest BCUT2D eigenvalue weighted by molar-refractivity contribution is -0.0183. The Bertz CT molecular complexity index is 1280. The summed E-state index contributed by atoms with van der Waals surface area (Å²) in [6.45, 7) is 6.78. The topological polar surface area (TPSA) is 120 Å². The molecule has 2 N–H and O–H groups in total. The van der Waals surface area contributed by atoms with Crippen LogP contribution < -0.4 is 10.5 Å². The summed E-state index contributed by atoms with van der Waals surface area (Å²) >= 11 is 0. The zero-order chi connectivity index (χ0) is 32.9. The van der Waals surface area contributed by atoms with Crippen LogP contribution in [0.3, 0.4) is 0 Å². The third kappa shape index (κ3) is 12.4.